The maximum absolute atomic E-state index is 11.6. The van der Waals surface area contributed by atoms with Gasteiger partial charge in [0.15, 0.2) is 23.1 Å². The molecule has 3 aliphatic heterocycles. The highest BCUT2D eigenvalue weighted by Crippen LogP contribution is 2.30. The van der Waals surface area contributed by atoms with E-state index in [4.69, 9.17) is 0 Å². The SMILES string of the molecule is CC(C)C(=O)C1(O)CCCCC1.CC(C)C(=O)C1(O)CCNC1.CC(C)C(=O)C1(O)CCNCC1.CC(C)C(=O)C1(O)CNC1. The molecule has 3 saturated heterocycles. The van der Waals surface area contributed by atoms with E-state index in [1.54, 1.807) is 13.8 Å². The van der Waals surface area contributed by atoms with Crippen LogP contribution in [0, 0.1) is 23.7 Å². The van der Waals surface area contributed by atoms with Crippen molar-refractivity contribution in [3.8, 4) is 0 Å². The van der Waals surface area contributed by atoms with Gasteiger partial charge in [-0.25, -0.2) is 0 Å². The van der Waals surface area contributed by atoms with Crippen molar-refractivity contribution in [1.29, 1.82) is 0 Å². The van der Waals surface area contributed by atoms with E-state index < -0.39 is 22.4 Å². The van der Waals surface area contributed by atoms with Gasteiger partial charge >= 0.3 is 0 Å². The van der Waals surface area contributed by atoms with Gasteiger partial charge in [0.1, 0.15) is 22.4 Å². The van der Waals surface area contributed by atoms with Crippen LogP contribution in [-0.2, 0) is 19.2 Å². The lowest BCUT2D eigenvalue weighted by Crippen LogP contribution is -2.65. The summed E-state index contributed by atoms with van der Waals surface area (Å²) in [6.45, 7) is 18.1. The van der Waals surface area contributed by atoms with Gasteiger partial charge in [-0.15, -0.1) is 0 Å². The van der Waals surface area contributed by atoms with Crippen molar-refractivity contribution in [1.82, 2.24) is 16.0 Å². The third-order valence-corrected chi connectivity index (χ3v) is 9.01. The van der Waals surface area contributed by atoms with Crippen LogP contribution in [0.25, 0.3) is 0 Å². The molecule has 1 atom stereocenters. The second-order valence-corrected chi connectivity index (χ2v) is 14.5. The second-order valence-electron chi connectivity index (χ2n) is 14.5. The summed E-state index contributed by atoms with van der Waals surface area (Å²) in [5, 5.41) is 48.0. The molecule has 0 aromatic rings. The fourth-order valence-electron chi connectivity index (χ4n) is 6.04. The number of Topliss-reactive ketones (excluding diaryl/α,β-unsaturated/α-hetero) is 4. The van der Waals surface area contributed by atoms with E-state index in [-0.39, 0.29) is 46.8 Å². The first-order valence-corrected chi connectivity index (χ1v) is 16.9. The first kappa shape index (κ1) is 41.4. The van der Waals surface area contributed by atoms with Crippen molar-refractivity contribution in [3.05, 3.63) is 0 Å². The number of ketones is 4. The minimum atomic E-state index is -1.08. The maximum Gasteiger partial charge on any atom is 0.169 e. The van der Waals surface area contributed by atoms with Crippen LogP contribution in [0.2, 0.25) is 0 Å². The summed E-state index contributed by atoms with van der Waals surface area (Å²) in [5.41, 5.74) is -4.14. The molecule has 4 fully saturated rings. The van der Waals surface area contributed by atoms with Crippen LogP contribution in [0.15, 0.2) is 0 Å². The van der Waals surface area contributed by atoms with Gasteiger partial charge in [-0.1, -0.05) is 74.7 Å². The molecule has 3 heterocycles. The lowest BCUT2D eigenvalue weighted by atomic mass is 9.78. The Bertz CT molecular complexity index is 916. The Labute approximate surface area is 270 Å². The molecule has 7 N–H and O–H groups in total. The van der Waals surface area contributed by atoms with Gasteiger partial charge in [-0.2, -0.15) is 0 Å². The number of nitrogens with one attached hydrogen (secondary N) is 3. The van der Waals surface area contributed by atoms with E-state index >= 15 is 0 Å². The smallest absolute Gasteiger partial charge is 0.169 e. The summed E-state index contributed by atoms with van der Waals surface area (Å²) in [5.74, 6) is -0.298. The Morgan fingerprint density at radius 1 is 0.422 bits per heavy atom. The molecule has 0 bridgehead atoms. The molecule has 11 heteroatoms. The summed E-state index contributed by atoms with van der Waals surface area (Å²) in [6.07, 6.45) is 6.17. The number of hydrogen-bond donors (Lipinski definition) is 7. The number of piperidine rings is 1. The van der Waals surface area contributed by atoms with Gasteiger partial charge in [0.25, 0.3) is 0 Å². The topological polar surface area (TPSA) is 185 Å². The standard InChI is InChI=1S/C10H18O2.C9H17NO2.C8H15NO2.C7H13NO2/c1-8(2)9(11)10(12)6-4-3-5-7-10;1-7(2)8(11)9(12)3-5-10-6-4-9;1-6(2)7(10)8(11)3-4-9-5-8;1-5(2)6(9)7(10)3-8-4-7/h8,12H,3-7H2,1-2H3;7,10,12H,3-6H2,1-2H3;6,9,11H,3-5H2,1-2H3;5,8,10H,3-4H2,1-2H3. The van der Waals surface area contributed by atoms with Gasteiger partial charge in [0.2, 0.25) is 0 Å². The fraction of sp³-hybridized carbons (Fsp3) is 0.882. The van der Waals surface area contributed by atoms with Crippen LogP contribution in [0.3, 0.4) is 0 Å². The zero-order chi connectivity index (χ0) is 34.6. The van der Waals surface area contributed by atoms with Crippen molar-refractivity contribution >= 4 is 23.1 Å². The van der Waals surface area contributed by atoms with Crippen molar-refractivity contribution < 1.29 is 39.6 Å². The summed E-state index contributed by atoms with van der Waals surface area (Å²) in [6, 6.07) is 0. The highest BCUT2D eigenvalue weighted by Gasteiger charge is 2.43. The van der Waals surface area contributed by atoms with Gasteiger partial charge in [0, 0.05) is 43.3 Å². The van der Waals surface area contributed by atoms with Crippen LogP contribution >= 0.6 is 0 Å². The highest BCUT2D eigenvalue weighted by molar-refractivity contribution is 5.90. The van der Waals surface area contributed by atoms with E-state index in [0.717, 1.165) is 38.9 Å². The molecule has 0 aromatic carbocycles. The average molecular weight is 642 g/mol. The fourth-order valence-corrected chi connectivity index (χ4v) is 6.04. The number of rotatable bonds is 8. The molecule has 1 unspecified atom stereocenters. The van der Waals surface area contributed by atoms with Crippen molar-refractivity contribution in [2.24, 2.45) is 23.7 Å². The van der Waals surface area contributed by atoms with Crippen LogP contribution in [-0.4, -0.2) is 105 Å². The molecule has 4 aliphatic rings. The van der Waals surface area contributed by atoms with Gasteiger partial charge < -0.3 is 36.4 Å². The third kappa shape index (κ3) is 12.2. The molecule has 11 nitrogen and oxygen atoms in total. The van der Waals surface area contributed by atoms with Crippen LogP contribution in [0.1, 0.15) is 107 Å². The first-order valence-electron chi connectivity index (χ1n) is 16.9. The van der Waals surface area contributed by atoms with E-state index in [9.17, 15) is 39.6 Å². The van der Waals surface area contributed by atoms with Crippen molar-refractivity contribution in [2.45, 2.75) is 129 Å². The van der Waals surface area contributed by atoms with Crippen LogP contribution in [0.5, 0.6) is 0 Å². The molecular formula is C34H63N3O8. The molecule has 0 amide bonds. The Morgan fingerprint density at radius 2 is 0.733 bits per heavy atom. The second kappa shape index (κ2) is 18.1. The minimum Gasteiger partial charge on any atom is -0.382 e. The summed E-state index contributed by atoms with van der Waals surface area (Å²) in [4.78, 5) is 45.6. The Morgan fingerprint density at radius 3 is 1.04 bits per heavy atom. The monoisotopic (exact) mass is 641 g/mol. The number of carbonyl (C=O) groups is 4. The molecule has 0 radical (unpaired) electrons. The van der Waals surface area contributed by atoms with E-state index in [1.165, 1.54) is 0 Å². The first-order chi connectivity index (χ1) is 20.7. The number of hydrogen-bond acceptors (Lipinski definition) is 11. The highest BCUT2D eigenvalue weighted by atomic mass is 16.3. The molecule has 1 aliphatic carbocycles. The van der Waals surface area contributed by atoms with Crippen LogP contribution in [0.4, 0.5) is 0 Å². The zero-order valence-electron chi connectivity index (χ0n) is 29.1. The summed E-state index contributed by atoms with van der Waals surface area (Å²) in [7, 11) is 0. The van der Waals surface area contributed by atoms with E-state index in [1.807, 2.05) is 41.5 Å². The molecule has 0 aromatic heterocycles. The molecule has 45 heavy (non-hydrogen) atoms. The van der Waals surface area contributed by atoms with Crippen molar-refractivity contribution in [2.75, 3.05) is 39.3 Å². The number of carbonyl (C=O) groups excluding carboxylic acids is 4. The largest absolute Gasteiger partial charge is 0.382 e. The van der Waals surface area contributed by atoms with Crippen molar-refractivity contribution in [3.63, 3.8) is 0 Å². The van der Waals surface area contributed by atoms with Gasteiger partial charge in [0.05, 0.1) is 0 Å². The Kier molecular flexibility index (Phi) is 16.6. The van der Waals surface area contributed by atoms with Gasteiger partial charge in [-0.3, -0.25) is 19.2 Å². The normalized spacial score (nSPS) is 24.7. The Hall–Kier alpha value is -1.60. The summed E-state index contributed by atoms with van der Waals surface area (Å²) >= 11 is 0. The summed E-state index contributed by atoms with van der Waals surface area (Å²) < 4.78 is 0. The van der Waals surface area contributed by atoms with E-state index in [2.05, 4.69) is 16.0 Å². The quantitative estimate of drug-likeness (QED) is 0.205. The van der Waals surface area contributed by atoms with Crippen LogP contribution < -0.4 is 16.0 Å². The maximum atomic E-state index is 11.6. The molecule has 262 valence electrons. The lowest BCUT2D eigenvalue weighted by molar-refractivity contribution is -0.145. The van der Waals surface area contributed by atoms with Gasteiger partial charge in [-0.05, 0) is 51.7 Å². The third-order valence-electron chi connectivity index (χ3n) is 9.01. The average Bonchev–Trinajstić information content (AvgIpc) is 3.43. The minimum absolute atomic E-state index is 0.0102. The molecule has 0 spiro atoms. The lowest BCUT2D eigenvalue weighted by Gasteiger charge is -2.37. The number of β-amino-alcohol motifs (C(OH)–C–C–N with tert-alkyl or cyclic N) is 2. The van der Waals surface area contributed by atoms with E-state index in [0.29, 0.717) is 51.7 Å². The number of aliphatic hydroxyl groups is 4. The zero-order valence-corrected chi connectivity index (χ0v) is 29.1. The predicted octanol–water partition coefficient (Wildman–Crippen LogP) is 1.71. The predicted molar refractivity (Wildman–Crippen MR) is 175 cm³/mol. The Balaban J connectivity index is 0.000000301. The molecule has 4 rings (SSSR count). The molecule has 1 saturated carbocycles. The molecular weight excluding hydrogens is 578 g/mol.